The number of ether oxygens (including phenoxy) is 1. The van der Waals surface area contributed by atoms with Crippen molar-refractivity contribution in [2.75, 3.05) is 12.4 Å². The van der Waals surface area contributed by atoms with E-state index in [9.17, 15) is 13.7 Å². The lowest BCUT2D eigenvalue weighted by molar-refractivity contribution is 0.242. The van der Waals surface area contributed by atoms with Crippen molar-refractivity contribution < 1.29 is 18.3 Å². The first kappa shape index (κ1) is 23.3. The highest BCUT2D eigenvalue weighted by Gasteiger charge is 2.29. The molecule has 1 aliphatic rings. The normalized spacial score (nSPS) is 15.4. The number of nitriles is 1. The topological polar surface area (TPSA) is 125 Å². The number of sulfonamides is 1. The highest BCUT2D eigenvalue weighted by Crippen LogP contribution is 2.38. The van der Waals surface area contributed by atoms with Crippen molar-refractivity contribution >= 4 is 21.6 Å². The molecule has 1 unspecified atom stereocenters. The first-order chi connectivity index (χ1) is 15.8. The largest absolute Gasteiger partial charge is 0.490 e. The van der Waals surface area contributed by atoms with Crippen LogP contribution < -0.4 is 9.46 Å². The van der Waals surface area contributed by atoms with Gasteiger partial charge in [-0.1, -0.05) is 18.2 Å². The van der Waals surface area contributed by atoms with E-state index in [0.717, 1.165) is 22.3 Å². The van der Waals surface area contributed by atoms with E-state index in [1.165, 1.54) is 11.5 Å². The Morgan fingerprint density at radius 1 is 1.33 bits per heavy atom. The standard InChI is InChI=1S/C23H24N4O4S2/c1-14(2)31-21-9-6-15(12-16(21)13-24)23-25-22(26-32-23)19-5-3-4-18-17(19)7-8-20(18)27-33(29,30)11-10-28/h3-6,9,12,14,20,27-28H,7-8,10-11H2,1-2H3. The highest BCUT2D eigenvalue weighted by molar-refractivity contribution is 7.89. The van der Waals surface area contributed by atoms with Crippen LogP contribution in [0.25, 0.3) is 22.0 Å². The molecule has 4 rings (SSSR count). The van der Waals surface area contributed by atoms with Gasteiger partial charge in [0.15, 0.2) is 5.82 Å². The van der Waals surface area contributed by atoms with E-state index in [1.807, 2.05) is 38.1 Å². The summed E-state index contributed by atoms with van der Waals surface area (Å²) in [5.41, 5.74) is 4.04. The molecule has 1 heterocycles. The lowest BCUT2D eigenvalue weighted by atomic mass is 10.0. The van der Waals surface area contributed by atoms with Gasteiger partial charge in [-0.3, -0.25) is 0 Å². The molecule has 2 N–H and O–H groups in total. The second kappa shape index (κ2) is 9.57. The summed E-state index contributed by atoms with van der Waals surface area (Å²) in [6.07, 6.45) is 1.30. The van der Waals surface area contributed by atoms with Crippen molar-refractivity contribution in [3.05, 3.63) is 53.1 Å². The molecule has 172 valence electrons. The van der Waals surface area contributed by atoms with E-state index in [-0.39, 0.29) is 17.9 Å². The van der Waals surface area contributed by atoms with Crippen LogP contribution in [0.15, 0.2) is 36.4 Å². The van der Waals surface area contributed by atoms with Crippen LogP contribution >= 0.6 is 11.5 Å². The molecule has 0 saturated carbocycles. The second-order valence-corrected chi connectivity index (χ2v) is 10.7. The van der Waals surface area contributed by atoms with Gasteiger partial charge in [0.25, 0.3) is 0 Å². The molecule has 1 aliphatic carbocycles. The van der Waals surface area contributed by atoms with Crippen molar-refractivity contribution in [2.45, 2.75) is 38.8 Å². The molecule has 8 nitrogen and oxygen atoms in total. The van der Waals surface area contributed by atoms with E-state index in [1.54, 1.807) is 12.1 Å². The summed E-state index contributed by atoms with van der Waals surface area (Å²) < 4.78 is 37.2. The zero-order valence-electron chi connectivity index (χ0n) is 18.3. The molecule has 1 atom stereocenters. The monoisotopic (exact) mass is 484 g/mol. The summed E-state index contributed by atoms with van der Waals surface area (Å²) in [5, 5.41) is 19.2. The summed E-state index contributed by atoms with van der Waals surface area (Å²) in [7, 11) is -3.55. The van der Waals surface area contributed by atoms with Crippen molar-refractivity contribution in [3.8, 4) is 33.8 Å². The van der Waals surface area contributed by atoms with E-state index < -0.39 is 16.6 Å². The molecule has 0 aliphatic heterocycles. The third kappa shape index (κ3) is 5.07. The fraction of sp³-hybridized carbons (Fsp3) is 0.348. The summed E-state index contributed by atoms with van der Waals surface area (Å²) >= 11 is 1.25. The maximum atomic E-state index is 12.1. The Kier molecular flexibility index (Phi) is 6.76. The van der Waals surface area contributed by atoms with Gasteiger partial charge in [-0.2, -0.15) is 9.64 Å². The number of nitrogens with one attached hydrogen (secondary N) is 1. The van der Waals surface area contributed by atoms with Crippen LogP contribution in [0.4, 0.5) is 0 Å². The van der Waals surface area contributed by atoms with E-state index in [2.05, 4.69) is 15.2 Å². The van der Waals surface area contributed by atoms with Crippen LogP contribution in [0.1, 0.15) is 43.0 Å². The fourth-order valence-electron chi connectivity index (χ4n) is 3.94. The summed E-state index contributed by atoms with van der Waals surface area (Å²) in [4.78, 5) is 4.71. The number of aliphatic hydroxyl groups excluding tert-OH is 1. The van der Waals surface area contributed by atoms with Crippen LogP contribution in [-0.2, 0) is 16.4 Å². The first-order valence-electron chi connectivity index (χ1n) is 10.6. The molecule has 3 aromatic rings. The zero-order chi connectivity index (χ0) is 23.6. The molecule has 0 radical (unpaired) electrons. The minimum absolute atomic E-state index is 0.0341. The smallest absolute Gasteiger partial charge is 0.214 e. The number of hydrogen-bond donors (Lipinski definition) is 2. The lowest BCUT2D eigenvalue weighted by Gasteiger charge is -2.14. The second-order valence-electron chi connectivity index (χ2n) is 8.04. The van der Waals surface area contributed by atoms with Gasteiger partial charge in [0, 0.05) is 17.2 Å². The molecule has 0 spiro atoms. The fourth-order valence-corrected chi connectivity index (χ4v) is 5.65. The van der Waals surface area contributed by atoms with Gasteiger partial charge in [-0.05, 0) is 67.5 Å². The molecular weight excluding hydrogens is 460 g/mol. The number of aromatic nitrogens is 2. The molecule has 2 aromatic carbocycles. The minimum Gasteiger partial charge on any atom is -0.490 e. The average molecular weight is 485 g/mol. The van der Waals surface area contributed by atoms with E-state index >= 15 is 0 Å². The molecule has 0 bridgehead atoms. The SMILES string of the molecule is CC(C)Oc1ccc(-c2nc(-c3cccc4c3CCC4NS(=O)(=O)CCO)ns2)cc1C#N. The van der Waals surface area contributed by atoms with Gasteiger partial charge in [0.1, 0.15) is 16.8 Å². The number of benzene rings is 2. The Labute approximate surface area is 197 Å². The van der Waals surface area contributed by atoms with Crippen molar-refractivity contribution in [1.29, 1.82) is 5.26 Å². The molecule has 0 amide bonds. The van der Waals surface area contributed by atoms with Gasteiger partial charge in [-0.15, -0.1) is 0 Å². The average Bonchev–Trinajstić information content (AvgIpc) is 3.41. The Balaban J connectivity index is 1.63. The molecule has 10 heteroatoms. The summed E-state index contributed by atoms with van der Waals surface area (Å²) in [6.45, 7) is 3.40. The number of aliphatic hydroxyl groups is 1. The van der Waals surface area contributed by atoms with Gasteiger partial charge < -0.3 is 9.84 Å². The number of hydrogen-bond acceptors (Lipinski definition) is 8. The molecular formula is C23H24N4O4S2. The predicted molar refractivity (Wildman–Crippen MR) is 126 cm³/mol. The van der Waals surface area contributed by atoms with Gasteiger partial charge in [-0.25, -0.2) is 18.1 Å². The predicted octanol–water partition coefficient (Wildman–Crippen LogP) is 3.43. The number of fused-ring (bicyclic) bond motifs is 1. The van der Waals surface area contributed by atoms with E-state index in [4.69, 9.17) is 14.8 Å². The molecule has 1 aromatic heterocycles. The van der Waals surface area contributed by atoms with Gasteiger partial charge in [0.05, 0.1) is 24.0 Å². The van der Waals surface area contributed by atoms with Crippen molar-refractivity contribution in [1.82, 2.24) is 14.1 Å². The van der Waals surface area contributed by atoms with E-state index in [0.29, 0.717) is 35.0 Å². The molecule has 0 saturated heterocycles. The van der Waals surface area contributed by atoms with Crippen molar-refractivity contribution in [3.63, 3.8) is 0 Å². The maximum Gasteiger partial charge on any atom is 0.214 e. The molecule has 33 heavy (non-hydrogen) atoms. The Bertz CT molecular complexity index is 1310. The van der Waals surface area contributed by atoms with Gasteiger partial charge in [0.2, 0.25) is 10.0 Å². The van der Waals surface area contributed by atoms with Crippen LogP contribution in [-0.4, -0.2) is 41.3 Å². The Morgan fingerprint density at radius 3 is 2.88 bits per heavy atom. The van der Waals surface area contributed by atoms with Crippen molar-refractivity contribution in [2.24, 2.45) is 0 Å². The third-order valence-electron chi connectivity index (χ3n) is 5.33. The quantitative estimate of drug-likeness (QED) is 0.502. The van der Waals surface area contributed by atoms with Crippen LogP contribution in [0, 0.1) is 11.3 Å². The van der Waals surface area contributed by atoms with Crippen LogP contribution in [0.3, 0.4) is 0 Å². The van der Waals surface area contributed by atoms with Gasteiger partial charge >= 0.3 is 0 Å². The highest BCUT2D eigenvalue weighted by atomic mass is 32.2. The minimum atomic E-state index is -3.55. The number of rotatable bonds is 8. The molecule has 0 fully saturated rings. The Hall–Kier alpha value is -2.84. The summed E-state index contributed by atoms with van der Waals surface area (Å²) in [5.74, 6) is 0.796. The zero-order valence-corrected chi connectivity index (χ0v) is 19.9. The summed E-state index contributed by atoms with van der Waals surface area (Å²) in [6, 6.07) is 13.0. The number of nitrogens with zero attached hydrogens (tertiary/aromatic N) is 3. The third-order valence-corrected chi connectivity index (χ3v) is 7.46. The maximum absolute atomic E-state index is 12.1. The lowest BCUT2D eigenvalue weighted by Crippen LogP contribution is -2.30. The first-order valence-corrected chi connectivity index (χ1v) is 13.0. The van der Waals surface area contributed by atoms with Crippen LogP contribution in [0.2, 0.25) is 0 Å². The Morgan fingerprint density at radius 2 is 2.15 bits per heavy atom. The van der Waals surface area contributed by atoms with Crippen LogP contribution in [0.5, 0.6) is 5.75 Å².